The lowest BCUT2D eigenvalue weighted by atomic mass is 10.1. The van der Waals surface area contributed by atoms with E-state index in [1.807, 2.05) is 250 Å². The van der Waals surface area contributed by atoms with E-state index < -0.39 is 0 Å². The number of nitrogens with zero attached hydrogens (tertiary/aromatic N) is 10. The van der Waals surface area contributed by atoms with Gasteiger partial charge in [-0.15, -0.1) is 0 Å². The Hall–Kier alpha value is -4.57. The van der Waals surface area contributed by atoms with Gasteiger partial charge in [0, 0.05) is 114 Å². The fourth-order valence-corrected chi connectivity index (χ4v) is 4.84. The van der Waals surface area contributed by atoms with E-state index in [1.165, 1.54) is 97.2 Å². The molecule has 4 saturated heterocycles. The maximum absolute atomic E-state index is 3.78. The first kappa shape index (κ1) is 120. The van der Waals surface area contributed by atoms with Gasteiger partial charge in [-0.05, 0) is 122 Å². The molecule has 5 aliphatic rings. The lowest BCUT2D eigenvalue weighted by Gasteiger charge is -2.28. The number of piperazine rings is 2. The number of hydrogen-bond donors (Lipinski definition) is 4. The highest BCUT2D eigenvalue weighted by molar-refractivity contribution is 4.99. The maximum atomic E-state index is 3.78. The van der Waals surface area contributed by atoms with Crippen LogP contribution in [-0.2, 0) is 0 Å². The van der Waals surface area contributed by atoms with Gasteiger partial charge in [-0.25, -0.2) is 9.97 Å². The average Bonchev–Trinajstić information content (AvgIpc) is 3.69. The molecule has 0 amide bonds. The number of hydrogen-bond acceptors (Lipinski definition) is 14. The van der Waals surface area contributed by atoms with Gasteiger partial charge in [-0.1, -0.05) is 239 Å². The van der Waals surface area contributed by atoms with Gasteiger partial charge < -0.3 is 36.0 Å². The molecule has 0 saturated carbocycles. The molecular weight excluding hydrogens is 1070 g/mol. The standard InChI is InChI=1S/C6H14N2.C6H13N.C5H11N.C5H7N.C5H5N.C4H10N2.3C4H4N2.15C2H6/c1-7-3-5-8(2)6-4-7;1-7-5-3-2-4-6-7;3*1-2-4-6-5-3-1;2*1-2-6-4-3-5-1;1-2-5-4-6-3-1;1-2-4-6-5-3-1;15*1-2/h3-6H2,1-2H3;2-6H2,1H3;6H,1-5H2;2-6H,1H2;1-5H;5-6H,1-4H2;3*1-4H;15*1-2H3. The molecule has 0 atom stereocenters. The lowest BCUT2D eigenvalue weighted by molar-refractivity contribution is 0.181. The number of dihydropyridines is 1. The summed E-state index contributed by atoms with van der Waals surface area (Å²) in [5.74, 6) is 0. The summed E-state index contributed by atoms with van der Waals surface area (Å²) in [4.78, 5) is 25.7. The third-order valence-corrected chi connectivity index (χ3v) is 8.18. The van der Waals surface area contributed by atoms with Crippen LogP contribution in [0, 0.1) is 0 Å². The molecule has 4 aromatic heterocycles. The van der Waals surface area contributed by atoms with E-state index in [2.05, 4.69) is 104 Å². The van der Waals surface area contributed by atoms with Gasteiger partial charge in [0.15, 0.2) is 0 Å². The molecule has 9 rings (SSSR count). The molecule has 5 aliphatic heterocycles. The van der Waals surface area contributed by atoms with Crippen molar-refractivity contribution in [2.75, 3.05) is 99.7 Å². The highest BCUT2D eigenvalue weighted by atomic mass is 15.2. The zero-order valence-corrected chi connectivity index (χ0v) is 65.0. The zero-order chi connectivity index (χ0) is 70.8. The first-order valence-electron chi connectivity index (χ1n) is 35.4. The summed E-state index contributed by atoms with van der Waals surface area (Å²) >= 11 is 0. The summed E-state index contributed by atoms with van der Waals surface area (Å²) in [6, 6.07) is 11.1. The second kappa shape index (κ2) is 171. The first-order valence-corrected chi connectivity index (χ1v) is 35.4. The highest BCUT2D eigenvalue weighted by Crippen LogP contribution is 2.04. The summed E-state index contributed by atoms with van der Waals surface area (Å²) in [5.41, 5.74) is 0. The second-order valence-electron chi connectivity index (χ2n) is 13.2. The van der Waals surface area contributed by atoms with E-state index in [0.717, 1.165) is 32.6 Å². The third kappa shape index (κ3) is 167. The Morgan fingerprint density at radius 1 is 0.253 bits per heavy atom. The summed E-state index contributed by atoms with van der Waals surface area (Å²) in [7, 11) is 6.54. The van der Waals surface area contributed by atoms with Crippen LogP contribution in [0.25, 0.3) is 0 Å². The van der Waals surface area contributed by atoms with Gasteiger partial charge in [-0.3, -0.25) is 15.0 Å². The van der Waals surface area contributed by atoms with Gasteiger partial charge in [0.2, 0.25) is 0 Å². The van der Waals surface area contributed by atoms with Crippen LogP contribution in [0.4, 0.5) is 0 Å². The number of rotatable bonds is 0. The van der Waals surface area contributed by atoms with Crippen molar-refractivity contribution >= 4 is 0 Å². The molecule has 0 radical (unpaired) electrons. The van der Waals surface area contributed by atoms with Crippen LogP contribution in [0.15, 0.2) is 129 Å². The average molecular weight is 1240 g/mol. The number of likely N-dealkylation sites (N-methyl/N-ethyl adjacent to an activating group) is 2. The summed E-state index contributed by atoms with van der Waals surface area (Å²) in [6.45, 7) is 74.6. The predicted molar refractivity (Wildman–Crippen MR) is 405 cm³/mol. The Bertz CT molecular complexity index is 1030. The Morgan fingerprint density at radius 3 is 0.644 bits per heavy atom. The topological polar surface area (TPSA) is 148 Å². The van der Waals surface area contributed by atoms with Crippen LogP contribution in [-0.4, -0.2) is 149 Å². The number of allylic oxidation sites excluding steroid dienone is 2. The quantitative estimate of drug-likeness (QED) is 0.132. The molecule has 0 aliphatic carbocycles. The molecule has 0 bridgehead atoms. The SMILES string of the molecule is C1=CNC=CC1.C1CCNCC1.C1CNCCN1.CC.CC.CC.CC.CC.CC.CC.CC.CC.CC.CC.CC.CC.CC.CC.CN1CCCCC1.CN1CCN(C)CC1.c1ccncc1.c1ccnnc1.c1cnccn1.c1cncnc1. The van der Waals surface area contributed by atoms with Crippen LogP contribution < -0.4 is 21.3 Å². The minimum Gasteiger partial charge on any atom is -0.368 e. The normalized spacial score (nSPS) is 12.2. The molecule has 14 heteroatoms. The molecule has 14 nitrogen and oxygen atoms in total. The fourth-order valence-electron chi connectivity index (χ4n) is 4.84. The first-order chi connectivity index (χ1) is 43.2. The Balaban J connectivity index is -0.0000000489. The van der Waals surface area contributed by atoms with E-state index in [4.69, 9.17) is 0 Å². The van der Waals surface area contributed by atoms with E-state index >= 15 is 0 Å². The van der Waals surface area contributed by atoms with E-state index in [0.29, 0.717) is 0 Å². The predicted octanol–water partition coefficient (Wildman–Crippen LogP) is 19.8. The van der Waals surface area contributed by atoms with Crippen LogP contribution in [0.2, 0.25) is 0 Å². The second-order valence-corrected chi connectivity index (χ2v) is 13.2. The minimum atomic E-state index is 1.08. The molecule has 0 unspecified atom stereocenters. The number of pyridine rings is 1. The van der Waals surface area contributed by atoms with Gasteiger partial charge >= 0.3 is 0 Å². The van der Waals surface area contributed by atoms with Gasteiger partial charge in [0.05, 0.1) is 0 Å². The zero-order valence-electron chi connectivity index (χ0n) is 65.0. The number of likely N-dealkylation sites (tertiary alicyclic amines) is 1. The van der Waals surface area contributed by atoms with Gasteiger partial charge in [0.25, 0.3) is 0 Å². The van der Waals surface area contributed by atoms with E-state index in [9.17, 15) is 0 Å². The fraction of sp³-hybridized carbons (Fsp3) is 0.712. The van der Waals surface area contributed by atoms with E-state index in [-0.39, 0.29) is 0 Å². The van der Waals surface area contributed by atoms with Crippen molar-refractivity contribution in [1.29, 1.82) is 0 Å². The molecule has 0 spiro atoms. The van der Waals surface area contributed by atoms with E-state index in [1.54, 1.807) is 68.0 Å². The molecule has 524 valence electrons. The molecule has 4 aromatic rings. The van der Waals surface area contributed by atoms with Crippen LogP contribution in [0.5, 0.6) is 0 Å². The molecule has 4 fully saturated rings. The summed E-state index contributed by atoms with van der Waals surface area (Å²) < 4.78 is 0. The summed E-state index contributed by atoms with van der Waals surface area (Å²) in [6.07, 6.45) is 35.8. The molecule has 87 heavy (non-hydrogen) atoms. The van der Waals surface area contributed by atoms with Crippen molar-refractivity contribution in [2.24, 2.45) is 0 Å². The highest BCUT2D eigenvalue weighted by Gasteiger charge is 2.08. The van der Waals surface area contributed by atoms with Crippen molar-refractivity contribution in [3.63, 3.8) is 0 Å². The lowest BCUT2D eigenvalue weighted by Crippen LogP contribution is -2.42. The van der Waals surface area contributed by atoms with Crippen molar-refractivity contribution in [3.05, 3.63) is 129 Å². The molecular formula is C73H162N14. The van der Waals surface area contributed by atoms with Gasteiger partial charge in [-0.2, -0.15) is 10.2 Å². The van der Waals surface area contributed by atoms with Crippen molar-refractivity contribution in [2.45, 2.75) is 253 Å². The maximum Gasteiger partial charge on any atom is 0.115 e. The number of piperidine rings is 2. The van der Waals surface area contributed by atoms with Gasteiger partial charge in [0.1, 0.15) is 6.33 Å². The Labute approximate surface area is 550 Å². The van der Waals surface area contributed by atoms with Crippen molar-refractivity contribution in [3.8, 4) is 0 Å². The molecule has 4 N–H and O–H groups in total. The van der Waals surface area contributed by atoms with Crippen LogP contribution >= 0.6 is 0 Å². The van der Waals surface area contributed by atoms with Crippen LogP contribution in [0.1, 0.15) is 253 Å². The van der Waals surface area contributed by atoms with Crippen molar-refractivity contribution in [1.82, 2.24) is 71.1 Å². The summed E-state index contributed by atoms with van der Waals surface area (Å²) in [5, 5.41) is 19.7. The Morgan fingerprint density at radius 2 is 0.517 bits per heavy atom. The Kier molecular flexibility index (Phi) is 237. The number of nitrogens with one attached hydrogen (secondary N) is 4. The third-order valence-electron chi connectivity index (χ3n) is 8.18. The number of aromatic nitrogens is 7. The van der Waals surface area contributed by atoms with Crippen LogP contribution in [0.3, 0.4) is 0 Å². The van der Waals surface area contributed by atoms with Crippen molar-refractivity contribution < 1.29 is 0 Å². The monoisotopic (exact) mass is 1240 g/mol. The smallest absolute Gasteiger partial charge is 0.115 e. The molecule has 0 aromatic carbocycles. The largest absolute Gasteiger partial charge is 0.368 e. The molecule has 9 heterocycles. The minimum absolute atomic E-state index is 1.08.